The highest BCUT2D eigenvalue weighted by Crippen LogP contribution is 2.21. The zero-order valence-electron chi connectivity index (χ0n) is 14.1. The van der Waals surface area contributed by atoms with Crippen molar-refractivity contribution >= 4 is 11.4 Å². The molecule has 0 aliphatic heterocycles. The minimum Gasteiger partial charge on any atom is -0.597 e. The molecule has 3 aromatic carbocycles. The molecule has 2 N–H and O–H groups in total. The third kappa shape index (κ3) is 4.73. The maximum absolute atomic E-state index is 11.2. The van der Waals surface area contributed by atoms with E-state index in [0.717, 1.165) is 28.3 Å². The maximum atomic E-state index is 11.2. The Balaban J connectivity index is 1.62. The van der Waals surface area contributed by atoms with Crippen LogP contribution in [0.4, 0.5) is 11.4 Å². The molecule has 3 aromatic rings. The number of para-hydroxylation sites is 1. The van der Waals surface area contributed by atoms with Gasteiger partial charge in [-0.25, -0.2) is 0 Å². The van der Waals surface area contributed by atoms with E-state index in [2.05, 4.69) is 10.6 Å². The SMILES string of the molecule is [O-]/[N+](Cc1ccccc1COc1ccc(Nc2ccccc2)cc1)=N\O. The molecule has 0 fully saturated rings. The molecule has 132 valence electrons. The lowest BCUT2D eigenvalue weighted by Gasteiger charge is -2.11. The van der Waals surface area contributed by atoms with Crippen molar-refractivity contribution in [2.45, 2.75) is 13.2 Å². The molecular formula is C20H19N3O3. The first-order chi connectivity index (χ1) is 12.7. The molecule has 0 aliphatic rings. The highest BCUT2D eigenvalue weighted by atomic mass is 16.6. The maximum Gasteiger partial charge on any atom is 0.209 e. The minimum absolute atomic E-state index is 0.0318. The van der Waals surface area contributed by atoms with Gasteiger partial charge >= 0.3 is 0 Å². The Morgan fingerprint density at radius 1 is 0.846 bits per heavy atom. The van der Waals surface area contributed by atoms with Crippen LogP contribution >= 0.6 is 0 Å². The Kier molecular flexibility index (Phi) is 5.67. The first-order valence-corrected chi connectivity index (χ1v) is 8.16. The smallest absolute Gasteiger partial charge is 0.209 e. The van der Waals surface area contributed by atoms with E-state index >= 15 is 0 Å². The van der Waals surface area contributed by atoms with Gasteiger partial charge in [0.1, 0.15) is 12.4 Å². The second kappa shape index (κ2) is 8.53. The van der Waals surface area contributed by atoms with E-state index in [9.17, 15) is 5.21 Å². The van der Waals surface area contributed by atoms with Crippen molar-refractivity contribution < 1.29 is 14.8 Å². The summed E-state index contributed by atoms with van der Waals surface area (Å²) < 4.78 is 5.81. The summed E-state index contributed by atoms with van der Waals surface area (Å²) in [6, 6.07) is 25.0. The largest absolute Gasteiger partial charge is 0.597 e. The summed E-state index contributed by atoms with van der Waals surface area (Å²) >= 11 is 0. The minimum atomic E-state index is -0.0318. The van der Waals surface area contributed by atoms with E-state index in [4.69, 9.17) is 9.94 Å². The van der Waals surface area contributed by atoms with Gasteiger partial charge in [-0.2, -0.15) is 0 Å². The van der Waals surface area contributed by atoms with Gasteiger partial charge in [0.15, 0.2) is 5.28 Å². The van der Waals surface area contributed by atoms with Crippen molar-refractivity contribution in [1.82, 2.24) is 0 Å². The number of ether oxygens (including phenoxy) is 1. The van der Waals surface area contributed by atoms with E-state index in [1.165, 1.54) is 0 Å². The molecule has 0 aromatic heterocycles. The summed E-state index contributed by atoms with van der Waals surface area (Å²) in [5.74, 6) is 0.726. The van der Waals surface area contributed by atoms with Gasteiger partial charge < -0.3 is 20.5 Å². The molecular weight excluding hydrogens is 330 g/mol. The topological polar surface area (TPSA) is 79.9 Å². The lowest BCUT2D eigenvalue weighted by atomic mass is 10.1. The van der Waals surface area contributed by atoms with Crippen LogP contribution in [0, 0.1) is 5.21 Å². The molecule has 0 spiro atoms. The van der Waals surface area contributed by atoms with Crippen LogP contribution in [0.25, 0.3) is 0 Å². The Morgan fingerprint density at radius 2 is 1.46 bits per heavy atom. The number of hydrogen-bond acceptors (Lipinski definition) is 4. The van der Waals surface area contributed by atoms with Gasteiger partial charge in [-0.3, -0.25) is 0 Å². The van der Waals surface area contributed by atoms with Crippen LogP contribution < -0.4 is 10.1 Å². The molecule has 6 nitrogen and oxygen atoms in total. The summed E-state index contributed by atoms with van der Waals surface area (Å²) in [5.41, 5.74) is 3.60. The third-order valence-corrected chi connectivity index (χ3v) is 3.83. The number of hydroxylamine groups is 1. The molecule has 0 heterocycles. The van der Waals surface area contributed by atoms with Crippen LogP contribution in [0.1, 0.15) is 11.1 Å². The molecule has 0 aliphatic carbocycles. The van der Waals surface area contributed by atoms with E-state index in [1.807, 2.05) is 78.9 Å². The predicted molar refractivity (Wildman–Crippen MR) is 98.5 cm³/mol. The van der Waals surface area contributed by atoms with Crippen molar-refractivity contribution in [1.29, 1.82) is 0 Å². The molecule has 0 amide bonds. The number of rotatable bonds is 7. The molecule has 0 radical (unpaired) electrons. The Morgan fingerprint density at radius 3 is 2.15 bits per heavy atom. The molecule has 26 heavy (non-hydrogen) atoms. The number of nitrogens with one attached hydrogen (secondary N) is 1. The van der Waals surface area contributed by atoms with Crippen molar-refractivity contribution in [3.63, 3.8) is 0 Å². The molecule has 0 saturated heterocycles. The Hall–Kier alpha value is -3.54. The summed E-state index contributed by atoms with van der Waals surface area (Å²) in [7, 11) is 0. The zero-order chi connectivity index (χ0) is 18.2. The van der Waals surface area contributed by atoms with Gasteiger partial charge in [-0.15, -0.1) is 0 Å². The Bertz CT molecular complexity index is 865. The lowest BCUT2D eigenvalue weighted by molar-refractivity contribution is -0.570. The number of benzene rings is 3. The molecule has 3 rings (SSSR count). The van der Waals surface area contributed by atoms with E-state index in [0.29, 0.717) is 6.61 Å². The van der Waals surface area contributed by atoms with Gasteiger partial charge in [-0.1, -0.05) is 47.3 Å². The van der Waals surface area contributed by atoms with Crippen molar-refractivity contribution in [3.8, 4) is 5.75 Å². The van der Waals surface area contributed by atoms with Crippen molar-refractivity contribution in [2.75, 3.05) is 5.32 Å². The van der Waals surface area contributed by atoms with Crippen LogP contribution in [-0.4, -0.2) is 10.1 Å². The van der Waals surface area contributed by atoms with Gasteiger partial charge in [-0.05, 0) is 42.0 Å². The number of nitrogens with zero attached hydrogens (tertiary/aromatic N) is 2. The van der Waals surface area contributed by atoms with E-state index < -0.39 is 0 Å². The fraction of sp³-hybridized carbons (Fsp3) is 0.100. The van der Waals surface area contributed by atoms with E-state index in [-0.39, 0.29) is 11.4 Å². The van der Waals surface area contributed by atoms with E-state index in [1.54, 1.807) is 0 Å². The molecule has 0 saturated carbocycles. The highest BCUT2D eigenvalue weighted by molar-refractivity contribution is 5.60. The van der Waals surface area contributed by atoms with Crippen molar-refractivity contribution in [3.05, 3.63) is 95.2 Å². The molecule has 0 atom stereocenters. The fourth-order valence-corrected chi connectivity index (χ4v) is 2.51. The monoisotopic (exact) mass is 349 g/mol. The quantitative estimate of drug-likeness (QED) is 0.363. The molecule has 0 bridgehead atoms. The summed E-state index contributed by atoms with van der Waals surface area (Å²) in [4.78, 5) is 0.225. The summed E-state index contributed by atoms with van der Waals surface area (Å²) in [5, 5.41) is 25.7. The van der Waals surface area contributed by atoms with Gasteiger partial charge in [0.2, 0.25) is 6.54 Å². The average molecular weight is 349 g/mol. The van der Waals surface area contributed by atoms with Gasteiger partial charge in [0.05, 0.1) is 0 Å². The second-order valence-corrected chi connectivity index (χ2v) is 5.67. The first kappa shape index (κ1) is 17.3. The van der Waals surface area contributed by atoms with Crippen LogP contribution in [-0.2, 0) is 13.2 Å². The van der Waals surface area contributed by atoms with Crippen LogP contribution in [0.3, 0.4) is 0 Å². The number of anilines is 2. The van der Waals surface area contributed by atoms with Gasteiger partial charge in [0, 0.05) is 16.9 Å². The normalized spacial score (nSPS) is 11.2. The van der Waals surface area contributed by atoms with Crippen LogP contribution in [0.5, 0.6) is 5.75 Å². The average Bonchev–Trinajstić information content (AvgIpc) is 2.69. The van der Waals surface area contributed by atoms with Crippen LogP contribution in [0.2, 0.25) is 0 Å². The predicted octanol–water partition coefficient (Wildman–Crippen LogP) is 4.86. The fourth-order valence-electron chi connectivity index (χ4n) is 2.51. The summed E-state index contributed by atoms with van der Waals surface area (Å²) in [6.07, 6.45) is 0. The number of hydrogen-bond donors (Lipinski definition) is 2. The highest BCUT2D eigenvalue weighted by Gasteiger charge is 2.08. The van der Waals surface area contributed by atoms with Crippen molar-refractivity contribution in [2.24, 2.45) is 5.28 Å². The van der Waals surface area contributed by atoms with Gasteiger partial charge in [0.25, 0.3) is 0 Å². The first-order valence-electron chi connectivity index (χ1n) is 8.16. The lowest BCUT2D eigenvalue weighted by Crippen LogP contribution is -2.06. The molecule has 6 heteroatoms. The standard InChI is InChI=1S/C20H19N3O3/c24-22-23(25)14-16-6-4-5-7-17(16)15-26-20-12-10-19(11-13-20)21-18-8-2-1-3-9-18/h1-13,21,24H,14-15H2/b23-22-. The van der Waals surface area contributed by atoms with Crippen LogP contribution in [0.15, 0.2) is 84.1 Å². The molecule has 0 unspecified atom stereocenters. The Labute approximate surface area is 151 Å². The zero-order valence-corrected chi connectivity index (χ0v) is 14.1. The second-order valence-electron chi connectivity index (χ2n) is 5.67. The summed E-state index contributed by atoms with van der Waals surface area (Å²) in [6.45, 7) is 0.289. The third-order valence-electron chi connectivity index (χ3n) is 3.83.